The molecule has 2 fully saturated rings. The van der Waals surface area contributed by atoms with Crippen molar-refractivity contribution < 1.29 is 9.18 Å². The van der Waals surface area contributed by atoms with Gasteiger partial charge in [0.05, 0.1) is 6.17 Å². The monoisotopic (exact) mass is 371 g/mol. The van der Waals surface area contributed by atoms with Gasteiger partial charge in [-0.15, -0.1) is 0 Å². The number of carbonyl (C=O) groups excluding carboxylic acids is 1. The average molecular weight is 371 g/mol. The largest absolute Gasteiger partial charge is 0.334 e. The summed E-state index contributed by atoms with van der Waals surface area (Å²) in [6.07, 6.45) is 10.2. The molecule has 0 spiro atoms. The van der Waals surface area contributed by atoms with E-state index < -0.39 is 0 Å². The van der Waals surface area contributed by atoms with Gasteiger partial charge in [-0.1, -0.05) is 44.2 Å². The molecule has 2 unspecified atom stereocenters. The zero-order chi connectivity index (χ0) is 18.6. The quantitative estimate of drug-likeness (QED) is 0.756. The van der Waals surface area contributed by atoms with Crippen molar-refractivity contribution in [2.75, 3.05) is 0 Å². The first-order chi connectivity index (χ1) is 13.2. The number of para-hydroxylation sites is 1. The van der Waals surface area contributed by atoms with E-state index in [0.717, 1.165) is 18.8 Å². The molecule has 1 saturated carbocycles. The van der Waals surface area contributed by atoms with E-state index in [2.05, 4.69) is 21.3 Å². The molecule has 1 aromatic carbocycles. The fourth-order valence-corrected chi connectivity index (χ4v) is 4.15. The zero-order valence-corrected chi connectivity index (χ0v) is 15.3. The van der Waals surface area contributed by atoms with Crippen LogP contribution in [-0.2, 0) is 0 Å². The van der Waals surface area contributed by atoms with Gasteiger partial charge in [-0.25, -0.2) is 14.5 Å². The Kier molecular flexibility index (Phi) is 5.50. The van der Waals surface area contributed by atoms with Crippen LogP contribution in [0.5, 0.6) is 0 Å². The highest BCUT2D eigenvalue weighted by atomic mass is 19.1. The van der Waals surface area contributed by atoms with Crippen LogP contribution in [0, 0.1) is 11.7 Å². The van der Waals surface area contributed by atoms with Crippen LogP contribution in [0.1, 0.15) is 55.4 Å². The predicted octanol–water partition coefficient (Wildman–Crippen LogP) is 2.90. The van der Waals surface area contributed by atoms with Crippen LogP contribution >= 0.6 is 0 Å². The summed E-state index contributed by atoms with van der Waals surface area (Å²) < 4.78 is 15.3. The maximum absolute atomic E-state index is 13.9. The summed E-state index contributed by atoms with van der Waals surface area (Å²) >= 11 is 0. The lowest BCUT2D eigenvalue weighted by Gasteiger charge is -2.24. The molecule has 1 aromatic heterocycles. The summed E-state index contributed by atoms with van der Waals surface area (Å²) in [5.41, 5.74) is 7.08. The van der Waals surface area contributed by atoms with Gasteiger partial charge in [-0.2, -0.15) is 5.10 Å². The van der Waals surface area contributed by atoms with Crippen molar-refractivity contribution in [2.24, 2.45) is 5.92 Å². The number of amides is 1. The first-order valence-electron chi connectivity index (χ1n) is 9.81. The summed E-state index contributed by atoms with van der Waals surface area (Å²) in [4.78, 5) is 12.5. The molecule has 2 heterocycles. The lowest BCUT2D eigenvalue weighted by Crippen LogP contribution is -2.44. The second-order valence-corrected chi connectivity index (χ2v) is 7.58. The lowest BCUT2D eigenvalue weighted by molar-refractivity contribution is 0.0926. The SMILES string of the molecule is O=C(NC1CC(CC2CCCCC2)NN1)c1ccn(-c2ccccc2F)n1. The summed E-state index contributed by atoms with van der Waals surface area (Å²) in [7, 11) is 0. The van der Waals surface area contributed by atoms with Gasteiger partial charge in [0.2, 0.25) is 0 Å². The van der Waals surface area contributed by atoms with Crippen molar-refractivity contribution in [1.29, 1.82) is 0 Å². The van der Waals surface area contributed by atoms with Gasteiger partial charge in [0.15, 0.2) is 5.69 Å². The standard InChI is InChI=1S/C20H26FN5O/c21-16-8-4-5-9-18(16)26-11-10-17(25-26)20(27)22-19-13-15(23-24-19)12-14-6-2-1-3-7-14/h4-5,8-11,14-15,19,23-24H,1-3,6-7,12-13H2,(H,22,27). The second kappa shape index (κ2) is 8.19. The number of rotatable bonds is 5. The molecular weight excluding hydrogens is 345 g/mol. The van der Waals surface area contributed by atoms with Crippen LogP contribution in [0.2, 0.25) is 0 Å². The minimum Gasteiger partial charge on any atom is -0.334 e. The van der Waals surface area contributed by atoms with E-state index >= 15 is 0 Å². The minimum absolute atomic E-state index is 0.121. The van der Waals surface area contributed by atoms with E-state index in [1.54, 1.807) is 30.5 Å². The maximum atomic E-state index is 13.9. The molecule has 1 aliphatic carbocycles. The van der Waals surface area contributed by atoms with Crippen LogP contribution in [0.4, 0.5) is 4.39 Å². The molecule has 0 bridgehead atoms. The van der Waals surface area contributed by atoms with Crippen molar-refractivity contribution in [1.82, 2.24) is 25.9 Å². The molecule has 1 saturated heterocycles. The van der Waals surface area contributed by atoms with Gasteiger partial charge in [-0.3, -0.25) is 10.2 Å². The maximum Gasteiger partial charge on any atom is 0.273 e. The Morgan fingerprint density at radius 1 is 1.19 bits per heavy atom. The average Bonchev–Trinajstić information content (AvgIpc) is 3.33. The molecule has 1 aliphatic heterocycles. The Hall–Kier alpha value is -2.25. The van der Waals surface area contributed by atoms with Gasteiger partial charge in [-0.05, 0) is 37.0 Å². The molecule has 144 valence electrons. The summed E-state index contributed by atoms with van der Waals surface area (Å²) in [6, 6.07) is 8.34. The number of carbonyl (C=O) groups is 1. The lowest BCUT2D eigenvalue weighted by atomic mass is 9.84. The highest BCUT2D eigenvalue weighted by Gasteiger charge is 2.28. The van der Waals surface area contributed by atoms with E-state index in [4.69, 9.17) is 0 Å². The molecule has 2 aliphatic rings. The van der Waals surface area contributed by atoms with E-state index in [0.29, 0.717) is 11.7 Å². The molecule has 0 radical (unpaired) electrons. The molecule has 6 nitrogen and oxygen atoms in total. The fourth-order valence-electron chi connectivity index (χ4n) is 4.15. The molecule has 1 amide bonds. The first kappa shape index (κ1) is 18.1. The number of hydrogen-bond acceptors (Lipinski definition) is 4. The van der Waals surface area contributed by atoms with Crippen LogP contribution < -0.4 is 16.2 Å². The van der Waals surface area contributed by atoms with Gasteiger partial charge >= 0.3 is 0 Å². The number of halogens is 1. The third-order valence-corrected chi connectivity index (χ3v) is 5.55. The molecule has 3 N–H and O–H groups in total. The van der Waals surface area contributed by atoms with Crippen LogP contribution in [0.25, 0.3) is 5.69 Å². The summed E-state index contributed by atoms with van der Waals surface area (Å²) in [5.74, 6) is 0.159. The highest BCUT2D eigenvalue weighted by Crippen LogP contribution is 2.28. The molecule has 2 atom stereocenters. The van der Waals surface area contributed by atoms with Crippen molar-refractivity contribution in [2.45, 2.75) is 57.2 Å². The number of aromatic nitrogens is 2. The Morgan fingerprint density at radius 3 is 2.81 bits per heavy atom. The van der Waals surface area contributed by atoms with Gasteiger partial charge in [0, 0.05) is 12.2 Å². The van der Waals surface area contributed by atoms with Crippen molar-refractivity contribution in [3.8, 4) is 5.69 Å². The third-order valence-electron chi connectivity index (χ3n) is 5.55. The Balaban J connectivity index is 1.31. The fraction of sp³-hybridized carbons (Fsp3) is 0.500. The second-order valence-electron chi connectivity index (χ2n) is 7.58. The summed E-state index contributed by atoms with van der Waals surface area (Å²) in [6.45, 7) is 0. The normalized spacial score (nSPS) is 23.4. The predicted molar refractivity (Wildman–Crippen MR) is 101 cm³/mol. The van der Waals surface area contributed by atoms with Crippen molar-refractivity contribution in [3.05, 3.63) is 48.0 Å². The van der Waals surface area contributed by atoms with E-state index in [1.165, 1.54) is 42.9 Å². The number of hydrazine groups is 1. The number of nitrogens with zero attached hydrogens (tertiary/aromatic N) is 2. The molecule has 7 heteroatoms. The topological polar surface area (TPSA) is 71.0 Å². The Labute approximate surface area is 158 Å². The van der Waals surface area contributed by atoms with E-state index in [-0.39, 0.29) is 23.6 Å². The smallest absolute Gasteiger partial charge is 0.273 e. The zero-order valence-electron chi connectivity index (χ0n) is 15.3. The number of nitrogens with one attached hydrogen (secondary N) is 3. The van der Waals surface area contributed by atoms with Crippen LogP contribution in [0.3, 0.4) is 0 Å². The Bertz CT molecular complexity index is 786. The number of hydrogen-bond donors (Lipinski definition) is 3. The Morgan fingerprint density at radius 2 is 2.00 bits per heavy atom. The molecule has 4 rings (SSSR count). The third kappa shape index (κ3) is 4.36. The van der Waals surface area contributed by atoms with Gasteiger partial charge in [0.1, 0.15) is 11.5 Å². The first-order valence-corrected chi connectivity index (χ1v) is 9.81. The molecular formula is C20H26FN5O. The highest BCUT2D eigenvalue weighted by molar-refractivity contribution is 5.92. The molecule has 2 aromatic rings. The molecule has 27 heavy (non-hydrogen) atoms. The van der Waals surface area contributed by atoms with Crippen molar-refractivity contribution in [3.63, 3.8) is 0 Å². The number of benzene rings is 1. The van der Waals surface area contributed by atoms with E-state index in [9.17, 15) is 9.18 Å². The minimum atomic E-state index is -0.375. The summed E-state index contributed by atoms with van der Waals surface area (Å²) in [5, 5.41) is 7.17. The van der Waals surface area contributed by atoms with Crippen LogP contribution in [0.15, 0.2) is 36.5 Å². The van der Waals surface area contributed by atoms with Crippen LogP contribution in [-0.4, -0.2) is 27.9 Å². The van der Waals surface area contributed by atoms with Gasteiger partial charge in [0.25, 0.3) is 5.91 Å². The van der Waals surface area contributed by atoms with Crippen molar-refractivity contribution >= 4 is 5.91 Å². The van der Waals surface area contributed by atoms with Gasteiger partial charge < -0.3 is 5.32 Å². The van der Waals surface area contributed by atoms with E-state index in [1.807, 2.05) is 0 Å².